The molecule has 5 heteroatoms. The molecule has 2 aromatic rings. The van der Waals surface area contributed by atoms with E-state index in [1.54, 1.807) is 23.5 Å². The molecule has 2 heterocycles. The van der Waals surface area contributed by atoms with Crippen molar-refractivity contribution in [3.05, 3.63) is 45.0 Å². The molecular formula is C11H10BrNO2S. The first-order valence-corrected chi connectivity index (χ1v) is 6.43. The highest BCUT2D eigenvalue weighted by Crippen LogP contribution is 2.19. The van der Waals surface area contributed by atoms with Crippen LogP contribution >= 0.6 is 27.3 Å². The smallest absolute Gasteiger partial charge is 0.287 e. The predicted octanol–water partition coefficient (Wildman–Crippen LogP) is 3.59. The maximum absolute atomic E-state index is 11.7. The highest BCUT2D eigenvalue weighted by Gasteiger charge is 2.14. The number of carbonyl (C=O) groups excluding carboxylic acids is 1. The third-order valence-corrected chi connectivity index (χ3v) is 3.60. The molecule has 2 rings (SSSR count). The Morgan fingerprint density at radius 2 is 2.31 bits per heavy atom. The maximum Gasteiger partial charge on any atom is 0.287 e. The van der Waals surface area contributed by atoms with Crippen LogP contribution in [-0.2, 0) is 0 Å². The monoisotopic (exact) mass is 299 g/mol. The molecule has 0 aromatic carbocycles. The van der Waals surface area contributed by atoms with Crippen LogP contribution in [0.15, 0.2) is 38.7 Å². The van der Waals surface area contributed by atoms with E-state index in [2.05, 4.69) is 21.2 Å². The second-order valence-electron chi connectivity index (χ2n) is 3.31. The van der Waals surface area contributed by atoms with E-state index in [-0.39, 0.29) is 11.9 Å². The number of carbonyl (C=O) groups is 1. The van der Waals surface area contributed by atoms with E-state index in [9.17, 15) is 4.79 Å². The topological polar surface area (TPSA) is 42.2 Å². The van der Waals surface area contributed by atoms with E-state index in [1.807, 2.05) is 24.4 Å². The van der Waals surface area contributed by atoms with E-state index < -0.39 is 0 Å². The molecular weight excluding hydrogens is 290 g/mol. The first-order valence-electron chi connectivity index (χ1n) is 4.76. The number of hydrogen-bond donors (Lipinski definition) is 1. The Bertz CT molecular complexity index is 478. The number of hydrogen-bond acceptors (Lipinski definition) is 3. The van der Waals surface area contributed by atoms with E-state index in [1.165, 1.54) is 0 Å². The van der Waals surface area contributed by atoms with Crippen molar-refractivity contribution in [2.75, 3.05) is 0 Å². The van der Waals surface area contributed by atoms with Crippen molar-refractivity contribution < 1.29 is 9.21 Å². The van der Waals surface area contributed by atoms with Crippen molar-refractivity contribution in [2.24, 2.45) is 0 Å². The predicted molar refractivity (Wildman–Crippen MR) is 66.6 cm³/mol. The number of amides is 1. The van der Waals surface area contributed by atoms with E-state index >= 15 is 0 Å². The molecule has 0 aliphatic heterocycles. The van der Waals surface area contributed by atoms with Gasteiger partial charge in [0.15, 0.2) is 10.4 Å². The van der Waals surface area contributed by atoms with Crippen molar-refractivity contribution >= 4 is 33.2 Å². The molecule has 0 saturated carbocycles. The summed E-state index contributed by atoms with van der Waals surface area (Å²) >= 11 is 4.78. The van der Waals surface area contributed by atoms with Crippen LogP contribution < -0.4 is 5.32 Å². The molecule has 0 radical (unpaired) electrons. The Labute approximate surface area is 106 Å². The lowest BCUT2D eigenvalue weighted by molar-refractivity contribution is 0.0911. The molecule has 1 N–H and O–H groups in total. The first kappa shape index (κ1) is 11.4. The van der Waals surface area contributed by atoms with Crippen LogP contribution in [-0.4, -0.2) is 5.91 Å². The molecule has 0 spiro atoms. The molecule has 2 aromatic heterocycles. The van der Waals surface area contributed by atoms with Crippen LogP contribution in [0.4, 0.5) is 0 Å². The molecule has 0 aliphatic rings. The Morgan fingerprint density at radius 1 is 1.50 bits per heavy atom. The van der Waals surface area contributed by atoms with Gasteiger partial charge in [-0.2, -0.15) is 0 Å². The van der Waals surface area contributed by atoms with Gasteiger partial charge >= 0.3 is 0 Å². The normalized spacial score (nSPS) is 12.4. The van der Waals surface area contributed by atoms with Crippen molar-refractivity contribution in [3.63, 3.8) is 0 Å². The van der Waals surface area contributed by atoms with Crippen molar-refractivity contribution in [3.8, 4) is 0 Å². The fourth-order valence-corrected chi connectivity index (χ4v) is 2.35. The molecule has 1 atom stereocenters. The Balaban J connectivity index is 2.03. The summed E-state index contributed by atoms with van der Waals surface area (Å²) < 4.78 is 5.73. The van der Waals surface area contributed by atoms with Gasteiger partial charge in [0, 0.05) is 4.88 Å². The van der Waals surface area contributed by atoms with Crippen LogP contribution in [0.5, 0.6) is 0 Å². The van der Waals surface area contributed by atoms with Gasteiger partial charge in [-0.3, -0.25) is 4.79 Å². The molecule has 0 fully saturated rings. The number of halogens is 1. The molecule has 16 heavy (non-hydrogen) atoms. The van der Waals surface area contributed by atoms with Gasteiger partial charge in [0.05, 0.1) is 6.04 Å². The molecule has 0 aliphatic carbocycles. The molecule has 0 unspecified atom stereocenters. The van der Waals surface area contributed by atoms with Crippen molar-refractivity contribution in [2.45, 2.75) is 13.0 Å². The third kappa shape index (κ3) is 2.54. The van der Waals surface area contributed by atoms with Gasteiger partial charge in [0.2, 0.25) is 0 Å². The molecule has 1 amide bonds. The minimum Gasteiger partial charge on any atom is -0.444 e. The largest absolute Gasteiger partial charge is 0.444 e. The van der Waals surface area contributed by atoms with Gasteiger partial charge in [-0.1, -0.05) is 6.07 Å². The lowest BCUT2D eigenvalue weighted by atomic mass is 10.2. The quantitative estimate of drug-likeness (QED) is 0.941. The zero-order chi connectivity index (χ0) is 11.5. The molecule has 84 valence electrons. The maximum atomic E-state index is 11.7. The summed E-state index contributed by atoms with van der Waals surface area (Å²) in [7, 11) is 0. The fourth-order valence-electron chi connectivity index (χ4n) is 1.31. The summed E-state index contributed by atoms with van der Waals surface area (Å²) in [6, 6.07) is 7.29. The lowest BCUT2D eigenvalue weighted by Crippen LogP contribution is -2.25. The Morgan fingerprint density at radius 3 is 2.88 bits per heavy atom. The lowest BCUT2D eigenvalue weighted by Gasteiger charge is -2.10. The zero-order valence-corrected chi connectivity index (χ0v) is 11.0. The van der Waals surface area contributed by atoms with Gasteiger partial charge in [-0.15, -0.1) is 11.3 Å². The molecule has 0 bridgehead atoms. The standard InChI is InChI=1S/C11H10BrNO2S/c1-7(9-3-2-6-16-9)13-11(14)8-4-5-10(12)15-8/h2-7H,1H3,(H,13,14)/t7-/m0/s1. The van der Waals surface area contributed by atoms with Crippen molar-refractivity contribution in [1.82, 2.24) is 5.32 Å². The van der Waals surface area contributed by atoms with Crippen LogP contribution in [0, 0.1) is 0 Å². The second-order valence-corrected chi connectivity index (χ2v) is 5.08. The second kappa shape index (κ2) is 4.84. The van der Waals surface area contributed by atoms with Gasteiger partial charge in [-0.05, 0) is 46.4 Å². The Kier molecular flexibility index (Phi) is 3.46. The number of rotatable bonds is 3. The SMILES string of the molecule is C[C@H](NC(=O)c1ccc(Br)o1)c1cccs1. The zero-order valence-electron chi connectivity index (χ0n) is 8.57. The van der Waals surface area contributed by atoms with Gasteiger partial charge in [0.1, 0.15) is 0 Å². The van der Waals surface area contributed by atoms with Crippen LogP contribution in [0.25, 0.3) is 0 Å². The number of furan rings is 1. The van der Waals surface area contributed by atoms with Gasteiger partial charge in [0.25, 0.3) is 5.91 Å². The van der Waals surface area contributed by atoms with Gasteiger partial charge < -0.3 is 9.73 Å². The fraction of sp³-hybridized carbons (Fsp3) is 0.182. The third-order valence-electron chi connectivity index (χ3n) is 2.11. The van der Waals surface area contributed by atoms with E-state index in [0.29, 0.717) is 10.4 Å². The summed E-state index contributed by atoms with van der Waals surface area (Å²) in [6.45, 7) is 1.95. The minimum absolute atomic E-state index is 0.00336. The molecule has 3 nitrogen and oxygen atoms in total. The van der Waals surface area contributed by atoms with Crippen LogP contribution in [0.3, 0.4) is 0 Å². The number of nitrogens with one attached hydrogen (secondary N) is 1. The average Bonchev–Trinajstić information content (AvgIpc) is 2.87. The summed E-state index contributed by atoms with van der Waals surface area (Å²) in [4.78, 5) is 12.9. The summed E-state index contributed by atoms with van der Waals surface area (Å²) in [5.74, 6) is 0.113. The van der Waals surface area contributed by atoms with Crippen LogP contribution in [0.2, 0.25) is 0 Å². The average molecular weight is 300 g/mol. The highest BCUT2D eigenvalue weighted by atomic mass is 79.9. The van der Waals surface area contributed by atoms with Crippen molar-refractivity contribution in [1.29, 1.82) is 0 Å². The van der Waals surface area contributed by atoms with E-state index in [0.717, 1.165) is 4.88 Å². The highest BCUT2D eigenvalue weighted by molar-refractivity contribution is 9.10. The minimum atomic E-state index is -0.202. The summed E-state index contributed by atoms with van der Waals surface area (Å²) in [5, 5.41) is 4.86. The molecule has 0 saturated heterocycles. The van der Waals surface area contributed by atoms with E-state index in [4.69, 9.17) is 4.42 Å². The first-order chi connectivity index (χ1) is 7.66. The summed E-state index contributed by atoms with van der Waals surface area (Å²) in [6.07, 6.45) is 0. The summed E-state index contributed by atoms with van der Waals surface area (Å²) in [5.41, 5.74) is 0. The number of thiophene rings is 1. The Hall–Kier alpha value is -1.07. The van der Waals surface area contributed by atoms with Crippen LogP contribution in [0.1, 0.15) is 28.4 Å². The van der Waals surface area contributed by atoms with Gasteiger partial charge in [-0.25, -0.2) is 0 Å².